The van der Waals surface area contributed by atoms with Gasteiger partial charge in [-0.3, -0.25) is 4.79 Å². The Hall–Kier alpha value is -3.02. The second-order valence-electron chi connectivity index (χ2n) is 5.88. The van der Waals surface area contributed by atoms with Crippen molar-refractivity contribution in [2.75, 3.05) is 12.4 Å². The molecule has 2 aromatic rings. The van der Waals surface area contributed by atoms with Crippen molar-refractivity contribution in [2.24, 2.45) is 0 Å². The van der Waals surface area contributed by atoms with Crippen LogP contribution in [0.25, 0.3) is 0 Å². The van der Waals surface area contributed by atoms with Gasteiger partial charge in [0.05, 0.1) is 24.5 Å². The number of carboxylic acids is 1. The van der Waals surface area contributed by atoms with Crippen LogP contribution in [-0.2, 0) is 0 Å². The van der Waals surface area contributed by atoms with Crippen molar-refractivity contribution < 1.29 is 24.2 Å². The van der Waals surface area contributed by atoms with Crippen molar-refractivity contribution in [3.63, 3.8) is 0 Å². The van der Waals surface area contributed by atoms with Crippen LogP contribution in [0.5, 0.6) is 11.5 Å². The van der Waals surface area contributed by atoms with Gasteiger partial charge in [-0.15, -0.1) is 0 Å². The van der Waals surface area contributed by atoms with Crippen LogP contribution in [0.2, 0.25) is 0 Å². The number of nitrogens with one attached hydrogen (secondary N) is 1. The zero-order valence-electron chi connectivity index (χ0n) is 14.6. The number of carbonyl (C=O) groups excluding carboxylic acids is 1. The van der Waals surface area contributed by atoms with Crippen molar-refractivity contribution in [3.8, 4) is 11.5 Å². The van der Waals surface area contributed by atoms with Gasteiger partial charge >= 0.3 is 5.97 Å². The van der Waals surface area contributed by atoms with Gasteiger partial charge in [0.2, 0.25) is 0 Å². The molecule has 2 N–H and O–H groups in total. The van der Waals surface area contributed by atoms with Gasteiger partial charge in [-0.2, -0.15) is 0 Å². The Balaban J connectivity index is 2.35. The van der Waals surface area contributed by atoms with E-state index in [0.717, 1.165) is 0 Å². The first-order chi connectivity index (χ1) is 11.8. The molecule has 0 fully saturated rings. The zero-order valence-corrected chi connectivity index (χ0v) is 14.6. The number of carboxylic acid groups (broad SMARTS) is 1. The molecule has 0 heterocycles. The maximum absolute atomic E-state index is 12.6. The van der Waals surface area contributed by atoms with Crippen LogP contribution < -0.4 is 14.8 Å². The van der Waals surface area contributed by atoms with E-state index in [1.807, 2.05) is 13.8 Å². The molecule has 0 spiro atoms. The highest BCUT2D eigenvalue weighted by atomic mass is 16.5. The zero-order chi connectivity index (χ0) is 18.6. The molecule has 0 aliphatic heterocycles. The molecule has 1 amide bonds. The van der Waals surface area contributed by atoms with Gasteiger partial charge in [0.15, 0.2) is 0 Å². The molecular weight excluding hydrogens is 322 g/mol. The summed E-state index contributed by atoms with van der Waals surface area (Å²) in [5.41, 5.74) is 1.47. The number of aromatic carboxylic acids is 1. The highest BCUT2D eigenvalue weighted by molar-refractivity contribution is 6.06. The standard InChI is InChI=1S/C19H21NO5/c1-11(2)25-17-6-5-15(24-4)10-16(17)20-18(21)13-7-12(3)8-14(9-13)19(22)23/h5-11H,1-4H3,(H,20,21)(H,22,23). The summed E-state index contributed by atoms with van der Waals surface area (Å²) in [6.07, 6.45) is -0.0679. The molecule has 0 atom stereocenters. The molecule has 0 aromatic heterocycles. The van der Waals surface area contributed by atoms with Gasteiger partial charge in [-0.05, 0) is 56.7 Å². The van der Waals surface area contributed by atoms with Crippen molar-refractivity contribution in [1.82, 2.24) is 0 Å². The lowest BCUT2D eigenvalue weighted by atomic mass is 10.1. The van der Waals surface area contributed by atoms with Crippen LogP contribution in [0, 0.1) is 6.92 Å². The van der Waals surface area contributed by atoms with E-state index in [2.05, 4.69) is 5.32 Å². The summed E-state index contributed by atoms with van der Waals surface area (Å²) in [4.78, 5) is 23.8. The summed E-state index contributed by atoms with van der Waals surface area (Å²) in [7, 11) is 1.53. The number of rotatable bonds is 6. The quantitative estimate of drug-likeness (QED) is 0.834. The monoisotopic (exact) mass is 343 g/mol. The van der Waals surface area contributed by atoms with Crippen LogP contribution in [-0.4, -0.2) is 30.2 Å². The Morgan fingerprint density at radius 3 is 2.36 bits per heavy atom. The summed E-state index contributed by atoms with van der Waals surface area (Å²) in [6, 6.07) is 9.59. The van der Waals surface area contributed by atoms with E-state index in [0.29, 0.717) is 22.7 Å². The second kappa shape index (κ2) is 7.70. The lowest BCUT2D eigenvalue weighted by molar-refractivity contribution is 0.0696. The molecule has 0 radical (unpaired) electrons. The number of ether oxygens (including phenoxy) is 2. The van der Waals surface area contributed by atoms with E-state index >= 15 is 0 Å². The van der Waals surface area contributed by atoms with Crippen molar-refractivity contribution >= 4 is 17.6 Å². The maximum atomic E-state index is 12.6. The molecule has 25 heavy (non-hydrogen) atoms. The maximum Gasteiger partial charge on any atom is 0.335 e. The van der Waals surface area contributed by atoms with E-state index in [1.165, 1.54) is 19.2 Å². The molecule has 0 saturated heterocycles. The minimum absolute atomic E-state index is 0.0643. The highest BCUT2D eigenvalue weighted by Crippen LogP contribution is 2.30. The van der Waals surface area contributed by atoms with Gasteiger partial charge in [0.1, 0.15) is 11.5 Å². The SMILES string of the molecule is COc1ccc(OC(C)C)c(NC(=O)c2cc(C)cc(C(=O)O)c2)c1. The molecule has 6 heteroatoms. The highest BCUT2D eigenvalue weighted by Gasteiger charge is 2.15. The molecule has 2 aromatic carbocycles. The molecule has 0 saturated carbocycles. The van der Waals surface area contributed by atoms with Gasteiger partial charge in [0, 0.05) is 11.6 Å². The van der Waals surface area contributed by atoms with Crippen molar-refractivity contribution in [3.05, 3.63) is 53.1 Å². The summed E-state index contributed by atoms with van der Waals surface area (Å²) < 4.78 is 10.9. The molecule has 0 aliphatic rings. The Morgan fingerprint density at radius 2 is 1.76 bits per heavy atom. The van der Waals surface area contributed by atoms with E-state index in [1.54, 1.807) is 31.2 Å². The number of carbonyl (C=O) groups is 2. The second-order valence-corrected chi connectivity index (χ2v) is 5.88. The average molecular weight is 343 g/mol. The number of benzene rings is 2. The number of amides is 1. The van der Waals surface area contributed by atoms with Crippen LogP contribution in [0.15, 0.2) is 36.4 Å². The number of aryl methyl sites for hydroxylation is 1. The van der Waals surface area contributed by atoms with Gasteiger partial charge in [0.25, 0.3) is 5.91 Å². The Morgan fingerprint density at radius 1 is 1.08 bits per heavy atom. The molecular formula is C19H21NO5. The van der Waals surface area contributed by atoms with E-state index in [-0.39, 0.29) is 17.2 Å². The first-order valence-electron chi connectivity index (χ1n) is 7.81. The fraction of sp³-hybridized carbons (Fsp3) is 0.263. The van der Waals surface area contributed by atoms with Gasteiger partial charge < -0.3 is 19.9 Å². The summed E-state index contributed by atoms with van der Waals surface area (Å²) in [6.45, 7) is 5.51. The topological polar surface area (TPSA) is 84.9 Å². The molecule has 0 bridgehead atoms. The minimum atomic E-state index is -1.08. The fourth-order valence-electron chi connectivity index (χ4n) is 2.32. The van der Waals surface area contributed by atoms with E-state index in [9.17, 15) is 9.59 Å². The Bertz CT molecular complexity index is 798. The van der Waals surface area contributed by atoms with Crippen LogP contribution in [0.4, 0.5) is 5.69 Å². The van der Waals surface area contributed by atoms with E-state index in [4.69, 9.17) is 14.6 Å². The average Bonchev–Trinajstić information content (AvgIpc) is 2.55. The minimum Gasteiger partial charge on any atom is -0.497 e. The predicted octanol–water partition coefficient (Wildman–Crippen LogP) is 3.74. The van der Waals surface area contributed by atoms with Crippen LogP contribution in [0.1, 0.15) is 40.1 Å². The lowest BCUT2D eigenvalue weighted by Crippen LogP contribution is -2.15. The lowest BCUT2D eigenvalue weighted by Gasteiger charge is -2.16. The van der Waals surface area contributed by atoms with Crippen LogP contribution in [0.3, 0.4) is 0 Å². The number of hydrogen-bond acceptors (Lipinski definition) is 4. The predicted molar refractivity (Wildman–Crippen MR) is 94.8 cm³/mol. The molecule has 132 valence electrons. The normalized spacial score (nSPS) is 10.4. The van der Waals surface area contributed by atoms with E-state index < -0.39 is 11.9 Å². The van der Waals surface area contributed by atoms with Gasteiger partial charge in [-0.1, -0.05) is 0 Å². The molecule has 0 aliphatic carbocycles. The number of methoxy groups -OCH3 is 1. The molecule has 0 unspecified atom stereocenters. The first-order valence-corrected chi connectivity index (χ1v) is 7.81. The third-order valence-electron chi connectivity index (χ3n) is 3.38. The fourth-order valence-corrected chi connectivity index (χ4v) is 2.32. The largest absolute Gasteiger partial charge is 0.497 e. The summed E-state index contributed by atoms with van der Waals surface area (Å²) in [5.74, 6) is -0.423. The molecule has 2 rings (SSSR count). The third-order valence-corrected chi connectivity index (χ3v) is 3.38. The smallest absolute Gasteiger partial charge is 0.335 e. The summed E-state index contributed by atoms with van der Waals surface area (Å²) in [5, 5.41) is 11.9. The third kappa shape index (κ3) is 4.73. The number of anilines is 1. The number of hydrogen-bond donors (Lipinski definition) is 2. The Kier molecular flexibility index (Phi) is 5.64. The van der Waals surface area contributed by atoms with Crippen LogP contribution >= 0.6 is 0 Å². The summed E-state index contributed by atoms with van der Waals surface area (Å²) >= 11 is 0. The Labute approximate surface area is 146 Å². The first kappa shape index (κ1) is 18.3. The van der Waals surface area contributed by atoms with Gasteiger partial charge in [-0.25, -0.2) is 4.79 Å². The van der Waals surface area contributed by atoms with Crippen molar-refractivity contribution in [2.45, 2.75) is 26.9 Å². The van der Waals surface area contributed by atoms with Crippen molar-refractivity contribution in [1.29, 1.82) is 0 Å². The molecule has 6 nitrogen and oxygen atoms in total.